The van der Waals surface area contributed by atoms with Gasteiger partial charge in [0.2, 0.25) is 0 Å². The zero-order valence-corrected chi connectivity index (χ0v) is 15.2. The molecule has 0 amide bonds. The van der Waals surface area contributed by atoms with Crippen molar-refractivity contribution in [2.24, 2.45) is 5.92 Å². The van der Waals surface area contributed by atoms with Crippen molar-refractivity contribution in [3.8, 4) is 0 Å². The van der Waals surface area contributed by atoms with Crippen LogP contribution in [-0.2, 0) is 0 Å². The molecule has 1 N–H and O–H groups in total. The molecule has 0 spiro atoms. The van der Waals surface area contributed by atoms with E-state index in [1.807, 2.05) is 0 Å². The van der Waals surface area contributed by atoms with Gasteiger partial charge in [-0.3, -0.25) is 0 Å². The van der Waals surface area contributed by atoms with Crippen molar-refractivity contribution >= 4 is 15.9 Å². The molecule has 0 radical (unpaired) electrons. The topological polar surface area (TPSA) is 15.3 Å². The Bertz CT molecular complexity index is 433. The van der Waals surface area contributed by atoms with E-state index in [9.17, 15) is 0 Å². The zero-order valence-electron chi connectivity index (χ0n) is 13.6. The number of hydrogen-bond donors (Lipinski definition) is 1. The fourth-order valence-electron chi connectivity index (χ4n) is 3.42. The fourth-order valence-corrected chi connectivity index (χ4v) is 3.84. The molecule has 1 aromatic carbocycles. The number of rotatable bonds is 6. The maximum Gasteiger partial charge on any atom is 0.0294 e. The van der Waals surface area contributed by atoms with E-state index in [1.54, 1.807) is 0 Å². The molecule has 0 aromatic heterocycles. The van der Waals surface area contributed by atoms with Gasteiger partial charge in [-0.1, -0.05) is 35.0 Å². The molecule has 21 heavy (non-hydrogen) atoms. The Balaban J connectivity index is 1.89. The lowest BCUT2D eigenvalue weighted by Gasteiger charge is -2.37. The maximum absolute atomic E-state index is 3.81. The average Bonchev–Trinajstić information content (AvgIpc) is 2.48. The summed E-state index contributed by atoms with van der Waals surface area (Å²) in [6, 6.07) is 9.60. The quantitative estimate of drug-likeness (QED) is 0.803. The third-order valence-electron chi connectivity index (χ3n) is 4.65. The summed E-state index contributed by atoms with van der Waals surface area (Å²) in [6.07, 6.45) is 3.98. The highest BCUT2D eigenvalue weighted by Gasteiger charge is 2.25. The Morgan fingerprint density at radius 1 is 1.38 bits per heavy atom. The first-order valence-corrected chi connectivity index (χ1v) is 9.13. The first kappa shape index (κ1) is 17.0. The molecule has 0 saturated carbocycles. The summed E-state index contributed by atoms with van der Waals surface area (Å²) in [7, 11) is 0. The van der Waals surface area contributed by atoms with Gasteiger partial charge in [0.05, 0.1) is 0 Å². The number of nitrogens with zero attached hydrogens (tertiary/aromatic N) is 1. The van der Waals surface area contributed by atoms with Crippen LogP contribution in [0.15, 0.2) is 28.7 Å². The van der Waals surface area contributed by atoms with Gasteiger partial charge in [0.15, 0.2) is 0 Å². The highest BCUT2D eigenvalue weighted by molar-refractivity contribution is 9.10. The van der Waals surface area contributed by atoms with Gasteiger partial charge in [-0.25, -0.2) is 0 Å². The van der Waals surface area contributed by atoms with Gasteiger partial charge in [0, 0.05) is 23.1 Å². The molecule has 1 saturated heterocycles. The molecule has 118 valence electrons. The van der Waals surface area contributed by atoms with Gasteiger partial charge in [0.25, 0.3) is 0 Å². The second-order valence-corrected chi connectivity index (χ2v) is 7.35. The molecule has 0 bridgehead atoms. The normalized spacial score (nSPS) is 23.0. The summed E-state index contributed by atoms with van der Waals surface area (Å²) in [5, 5.41) is 3.81. The predicted octanol–water partition coefficient (Wildman–Crippen LogP) is 4.61. The van der Waals surface area contributed by atoms with Crippen LogP contribution in [0.2, 0.25) is 0 Å². The van der Waals surface area contributed by atoms with Crippen LogP contribution in [0.1, 0.15) is 51.6 Å². The molecule has 1 aromatic rings. The second kappa shape index (κ2) is 8.30. The molecule has 2 unspecified atom stereocenters. The summed E-state index contributed by atoms with van der Waals surface area (Å²) in [5.74, 6) is 0.778. The van der Waals surface area contributed by atoms with Crippen molar-refractivity contribution in [1.82, 2.24) is 10.2 Å². The zero-order chi connectivity index (χ0) is 15.2. The summed E-state index contributed by atoms with van der Waals surface area (Å²) in [5.41, 5.74) is 1.36. The first-order chi connectivity index (χ1) is 10.1. The van der Waals surface area contributed by atoms with Crippen LogP contribution in [0.4, 0.5) is 0 Å². The Hall–Kier alpha value is -0.380. The highest BCUT2D eigenvalue weighted by atomic mass is 79.9. The maximum atomic E-state index is 3.81. The first-order valence-electron chi connectivity index (χ1n) is 8.34. The second-order valence-electron chi connectivity index (χ2n) is 6.43. The minimum atomic E-state index is 0.402. The Morgan fingerprint density at radius 3 is 2.90 bits per heavy atom. The van der Waals surface area contributed by atoms with E-state index >= 15 is 0 Å². The fraction of sp³-hybridized carbons (Fsp3) is 0.667. The third kappa shape index (κ3) is 5.08. The van der Waals surface area contributed by atoms with E-state index in [-0.39, 0.29) is 0 Å². The number of likely N-dealkylation sites (tertiary alicyclic amines) is 1. The van der Waals surface area contributed by atoms with Crippen LogP contribution in [0.3, 0.4) is 0 Å². The van der Waals surface area contributed by atoms with Crippen LogP contribution < -0.4 is 5.32 Å². The molecule has 1 aliphatic rings. The van der Waals surface area contributed by atoms with Crippen molar-refractivity contribution in [2.75, 3.05) is 19.6 Å². The van der Waals surface area contributed by atoms with E-state index in [2.05, 4.69) is 71.2 Å². The minimum absolute atomic E-state index is 0.402. The predicted molar refractivity (Wildman–Crippen MR) is 94.6 cm³/mol. The lowest BCUT2D eigenvalue weighted by Crippen LogP contribution is -2.45. The number of halogens is 1. The van der Waals surface area contributed by atoms with Crippen molar-refractivity contribution in [1.29, 1.82) is 0 Å². The van der Waals surface area contributed by atoms with Gasteiger partial charge in [0.1, 0.15) is 0 Å². The Labute approximate surface area is 138 Å². The van der Waals surface area contributed by atoms with Crippen molar-refractivity contribution in [2.45, 2.75) is 52.1 Å². The molecule has 2 nitrogen and oxygen atoms in total. The molecule has 3 atom stereocenters. The van der Waals surface area contributed by atoms with Crippen LogP contribution >= 0.6 is 15.9 Å². The lowest BCUT2D eigenvalue weighted by molar-refractivity contribution is 0.147. The number of hydrogen-bond acceptors (Lipinski definition) is 2. The van der Waals surface area contributed by atoms with Crippen LogP contribution in [0.25, 0.3) is 0 Å². The molecule has 1 fully saturated rings. The summed E-state index contributed by atoms with van der Waals surface area (Å²) in [4.78, 5) is 2.64. The van der Waals surface area contributed by atoms with Crippen LogP contribution in [0, 0.1) is 5.92 Å². The van der Waals surface area contributed by atoms with E-state index < -0.39 is 0 Å². The van der Waals surface area contributed by atoms with Crippen LogP contribution in [-0.4, -0.2) is 30.6 Å². The minimum Gasteiger partial charge on any atom is -0.307 e. The van der Waals surface area contributed by atoms with E-state index in [0.717, 1.165) is 10.4 Å². The monoisotopic (exact) mass is 352 g/mol. The van der Waals surface area contributed by atoms with E-state index in [0.29, 0.717) is 12.1 Å². The van der Waals surface area contributed by atoms with Crippen molar-refractivity contribution in [3.05, 3.63) is 34.3 Å². The SMILES string of the molecule is CCCN1CCCC(C(C)N[C@H](C)c2cccc(Br)c2)C1. The molecule has 2 rings (SSSR count). The van der Waals surface area contributed by atoms with Crippen molar-refractivity contribution in [3.63, 3.8) is 0 Å². The van der Waals surface area contributed by atoms with Crippen LogP contribution in [0.5, 0.6) is 0 Å². The number of benzene rings is 1. The smallest absolute Gasteiger partial charge is 0.0294 e. The standard InChI is InChI=1S/C18H29BrN2/c1-4-10-21-11-6-8-17(13-21)15(3)20-14(2)16-7-5-9-18(19)12-16/h5,7,9,12,14-15,17,20H,4,6,8,10-11,13H2,1-3H3/t14-,15?,17?/m1/s1. The summed E-state index contributed by atoms with van der Waals surface area (Å²) in [6.45, 7) is 10.7. The molecular formula is C18H29BrN2. The van der Waals surface area contributed by atoms with Gasteiger partial charge in [-0.2, -0.15) is 0 Å². The highest BCUT2D eigenvalue weighted by Crippen LogP contribution is 2.23. The molecule has 1 aliphatic heterocycles. The van der Waals surface area contributed by atoms with Crippen molar-refractivity contribution < 1.29 is 0 Å². The lowest BCUT2D eigenvalue weighted by atomic mass is 9.90. The largest absolute Gasteiger partial charge is 0.307 e. The number of nitrogens with one attached hydrogen (secondary N) is 1. The van der Waals surface area contributed by atoms with Gasteiger partial charge in [-0.15, -0.1) is 0 Å². The third-order valence-corrected chi connectivity index (χ3v) is 5.14. The van der Waals surface area contributed by atoms with Gasteiger partial charge in [-0.05, 0) is 69.8 Å². The summed E-state index contributed by atoms with van der Waals surface area (Å²) >= 11 is 3.56. The Morgan fingerprint density at radius 2 is 2.19 bits per heavy atom. The summed E-state index contributed by atoms with van der Waals surface area (Å²) < 4.78 is 1.16. The molecule has 3 heteroatoms. The molecule has 1 heterocycles. The molecular weight excluding hydrogens is 324 g/mol. The number of piperidine rings is 1. The average molecular weight is 353 g/mol. The Kier molecular flexibility index (Phi) is 6.72. The van der Waals surface area contributed by atoms with E-state index in [4.69, 9.17) is 0 Å². The van der Waals surface area contributed by atoms with Gasteiger partial charge >= 0.3 is 0 Å². The molecule has 0 aliphatic carbocycles. The van der Waals surface area contributed by atoms with Gasteiger partial charge < -0.3 is 10.2 Å². The van der Waals surface area contributed by atoms with E-state index in [1.165, 1.54) is 44.5 Å².